The molecule has 7 nitrogen and oxygen atoms in total. The molecule has 1 aromatic heterocycles. The molecule has 0 spiro atoms. The van der Waals surface area contributed by atoms with Gasteiger partial charge in [0, 0.05) is 23.7 Å². The molecule has 1 amide bonds. The number of sulfonamides is 1. The van der Waals surface area contributed by atoms with Crippen molar-refractivity contribution in [2.45, 2.75) is 18.7 Å². The van der Waals surface area contributed by atoms with Crippen molar-refractivity contribution in [1.82, 2.24) is 4.98 Å². The topological polar surface area (TPSA) is 88.6 Å². The number of anilines is 2. The van der Waals surface area contributed by atoms with E-state index in [-0.39, 0.29) is 22.7 Å². The molecule has 0 saturated heterocycles. The average Bonchev–Trinajstić information content (AvgIpc) is 2.84. The third kappa shape index (κ3) is 4.81. The second-order valence-electron chi connectivity index (χ2n) is 7.79. The molecule has 9 heteroatoms. The maximum absolute atomic E-state index is 13.7. The molecule has 180 valence electrons. The zero-order valence-corrected chi connectivity index (χ0v) is 20.3. The van der Waals surface area contributed by atoms with Crippen LogP contribution in [-0.2, 0) is 10.0 Å². The van der Waals surface area contributed by atoms with Crippen LogP contribution in [0.15, 0.2) is 77.7 Å². The van der Waals surface area contributed by atoms with Gasteiger partial charge >= 0.3 is 0 Å². The zero-order chi connectivity index (χ0) is 25.2. The smallest absolute Gasteiger partial charge is 0.264 e. The van der Waals surface area contributed by atoms with Crippen molar-refractivity contribution in [2.75, 3.05) is 23.3 Å². The maximum Gasteiger partial charge on any atom is 0.264 e. The van der Waals surface area contributed by atoms with Gasteiger partial charge in [-0.25, -0.2) is 12.8 Å². The Hall–Kier alpha value is -3.98. The minimum absolute atomic E-state index is 0.00265. The summed E-state index contributed by atoms with van der Waals surface area (Å²) in [7, 11) is -2.50. The van der Waals surface area contributed by atoms with Crippen LogP contribution in [0.1, 0.15) is 23.0 Å². The number of benzene rings is 3. The van der Waals surface area contributed by atoms with Crippen molar-refractivity contribution in [1.29, 1.82) is 0 Å². The molecule has 0 aliphatic heterocycles. The normalized spacial score (nSPS) is 11.3. The van der Waals surface area contributed by atoms with Gasteiger partial charge < -0.3 is 10.1 Å². The Bertz CT molecular complexity index is 1500. The molecule has 0 atom stereocenters. The Morgan fingerprint density at radius 3 is 2.49 bits per heavy atom. The summed E-state index contributed by atoms with van der Waals surface area (Å²) in [5.41, 5.74) is 1.88. The maximum atomic E-state index is 13.7. The SMILES string of the molecule is CCN(c1ccccc1)S(=O)(=O)c1ccc(OC)c(NC(=O)c2cc(C)nc3cc(F)ccc23)c1. The molecule has 1 N–H and O–H groups in total. The number of carbonyl (C=O) groups is 1. The van der Waals surface area contributed by atoms with E-state index in [1.807, 2.05) is 6.07 Å². The lowest BCUT2D eigenvalue weighted by Crippen LogP contribution is -2.30. The number of nitrogens with zero attached hydrogens (tertiary/aromatic N) is 2. The lowest BCUT2D eigenvalue weighted by molar-refractivity contribution is 0.102. The van der Waals surface area contributed by atoms with Gasteiger partial charge in [-0.1, -0.05) is 18.2 Å². The molecule has 0 saturated carbocycles. The molecule has 0 radical (unpaired) electrons. The Kier molecular flexibility index (Phi) is 6.70. The van der Waals surface area contributed by atoms with Gasteiger partial charge in [0.05, 0.1) is 34.5 Å². The van der Waals surface area contributed by atoms with Crippen LogP contribution in [-0.4, -0.2) is 33.0 Å². The van der Waals surface area contributed by atoms with Gasteiger partial charge in [-0.05, 0) is 62.4 Å². The zero-order valence-electron chi connectivity index (χ0n) is 19.4. The summed E-state index contributed by atoms with van der Waals surface area (Å²) >= 11 is 0. The monoisotopic (exact) mass is 493 g/mol. The summed E-state index contributed by atoms with van der Waals surface area (Å²) in [6.45, 7) is 3.67. The first kappa shape index (κ1) is 24.2. The van der Waals surface area contributed by atoms with Gasteiger partial charge in [0.15, 0.2) is 0 Å². The van der Waals surface area contributed by atoms with Crippen LogP contribution in [0.25, 0.3) is 10.9 Å². The quantitative estimate of drug-likeness (QED) is 0.384. The molecule has 0 fully saturated rings. The molecule has 0 aliphatic rings. The molecular weight excluding hydrogens is 469 g/mol. The fourth-order valence-electron chi connectivity index (χ4n) is 3.87. The molecule has 0 aliphatic carbocycles. The molecular formula is C26H24FN3O4S. The Balaban J connectivity index is 1.74. The fraction of sp³-hybridized carbons (Fsp3) is 0.154. The number of hydrogen-bond donors (Lipinski definition) is 1. The highest BCUT2D eigenvalue weighted by Crippen LogP contribution is 2.31. The van der Waals surface area contributed by atoms with Crippen molar-refractivity contribution in [2.24, 2.45) is 0 Å². The number of aryl methyl sites for hydroxylation is 1. The van der Waals surface area contributed by atoms with Crippen LogP contribution in [0.3, 0.4) is 0 Å². The van der Waals surface area contributed by atoms with Crippen LogP contribution in [0.5, 0.6) is 5.75 Å². The highest BCUT2D eigenvalue weighted by Gasteiger charge is 2.25. The van der Waals surface area contributed by atoms with Gasteiger partial charge in [0.1, 0.15) is 11.6 Å². The number of pyridine rings is 1. The molecule has 35 heavy (non-hydrogen) atoms. The van der Waals surface area contributed by atoms with Gasteiger partial charge in [-0.15, -0.1) is 0 Å². The summed E-state index contributed by atoms with van der Waals surface area (Å²) in [5.74, 6) is -0.669. The number of hydrogen-bond acceptors (Lipinski definition) is 5. The average molecular weight is 494 g/mol. The minimum Gasteiger partial charge on any atom is -0.495 e. The number of fused-ring (bicyclic) bond motifs is 1. The van der Waals surface area contributed by atoms with Gasteiger partial charge in [-0.3, -0.25) is 14.1 Å². The van der Waals surface area contributed by atoms with E-state index < -0.39 is 21.7 Å². The number of carbonyl (C=O) groups excluding carboxylic acids is 1. The van der Waals surface area contributed by atoms with Crippen LogP contribution in [0.2, 0.25) is 0 Å². The van der Waals surface area contributed by atoms with E-state index in [1.54, 1.807) is 44.2 Å². The summed E-state index contributed by atoms with van der Waals surface area (Å²) < 4.78 is 47.3. The van der Waals surface area contributed by atoms with E-state index in [9.17, 15) is 17.6 Å². The number of para-hydroxylation sites is 1. The molecule has 0 bridgehead atoms. The summed E-state index contributed by atoms with van der Waals surface area (Å²) in [6.07, 6.45) is 0. The number of aromatic nitrogens is 1. The van der Waals surface area contributed by atoms with Gasteiger partial charge in [0.25, 0.3) is 15.9 Å². The van der Waals surface area contributed by atoms with E-state index in [0.29, 0.717) is 28.0 Å². The van der Waals surface area contributed by atoms with E-state index in [1.165, 1.54) is 47.8 Å². The van der Waals surface area contributed by atoms with Crippen molar-refractivity contribution in [3.8, 4) is 5.75 Å². The third-order valence-corrected chi connectivity index (χ3v) is 7.38. The predicted octanol–water partition coefficient (Wildman–Crippen LogP) is 5.16. The second kappa shape index (κ2) is 9.71. The summed E-state index contributed by atoms with van der Waals surface area (Å²) in [6, 6.07) is 18.7. The van der Waals surface area contributed by atoms with Crippen LogP contribution < -0.4 is 14.4 Å². The van der Waals surface area contributed by atoms with Crippen molar-refractivity contribution in [3.63, 3.8) is 0 Å². The van der Waals surface area contributed by atoms with E-state index in [4.69, 9.17) is 4.74 Å². The summed E-state index contributed by atoms with van der Waals surface area (Å²) in [4.78, 5) is 17.5. The van der Waals surface area contributed by atoms with Crippen molar-refractivity contribution < 1.29 is 22.3 Å². The minimum atomic E-state index is -3.92. The number of halogens is 1. The first-order valence-corrected chi connectivity index (χ1v) is 12.3. The summed E-state index contributed by atoms with van der Waals surface area (Å²) in [5, 5.41) is 3.22. The highest BCUT2D eigenvalue weighted by molar-refractivity contribution is 7.92. The number of ether oxygens (including phenoxy) is 1. The van der Waals surface area contributed by atoms with Crippen molar-refractivity contribution in [3.05, 3.63) is 89.9 Å². The Morgan fingerprint density at radius 2 is 1.80 bits per heavy atom. The number of methoxy groups -OCH3 is 1. The number of amides is 1. The lowest BCUT2D eigenvalue weighted by atomic mass is 10.1. The standard InChI is InChI=1S/C26H24FN3O4S/c1-4-30(19-8-6-5-7-9-19)35(32,33)20-11-13-25(34-3)24(16-20)29-26(31)22-14-17(2)28-23-15-18(27)10-12-21(22)23/h5-16H,4H2,1-3H3,(H,29,31). The predicted molar refractivity (Wildman–Crippen MR) is 134 cm³/mol. The van der Waals surface area contributed by atoms with E-state index in [2.05, 4.69) is 10.3 Å². The molecule has 4 aromatic rings. The first-order chi connectivity index (χ1) is 16.7. The Labute approximate surface area is 203 Å². The van der Waals surface area contributed by atoms with Gasteiger partial charge in [0.2, 0.25) is 0 Å². The molecule has 1 heterocycles. The van der Waals surface area contributed by atoms with E-state index >= 15 is 0 Å². The van der Waals surface area contributed by atoms with Crippen LogP contribution in [0, 0.1) is 12.7 Å². The second-order valence-corrected chi connectivity index (χ2v) is 9.66. The molecule has 3 aromatic carbocycles. The number of nitrogens with one attached hydrogen (secondary N) is 1. The van der Waals surface area contributed by atoms with Crippen LogP contribution >= 0.6 is 0 Å². The van der Waals surface area contributed by atoms with E-state index in [0.717, 1.165) is 0 Å². The van der Waals surface area contributed by atoms with Crippen molar-refractivity contribution >= 4 is 38.2 Å². The Morgan fingerprint density at radius 1 is 1.06 bits per heavy atom. The molecule has 4 rings (SSSR count). The first-order valence-electron chi connectivity index (χ1n) is 10.9. The van der Waals surface area contributed by atoms with Crippen LogP contribution in [0.4, 0.5) is 15.8 Å². The third-order valence-electron chi connectivity index (χ3n) is 5.48. The highest BCUT2D eigenvalue weighted by atomic mass is 32.2. The number of rotatable bonds is 7. The lowest BCUT2D eigenvalue weighted by Gasteiger charge is -2.23. The van der Waals surface area contributed by atoms with Gasteiger partial charge in [-0.2, -0.15) is 0 Å². The molecule has 0 unspecified atom stereocenters. The fourth-order valence-corrected chi connectivity index (χ4v) is 5.37. The largest absolute Gasteiger partial charge is 0.495 e.